The van der Waals surface area contributed by atoms with E-state index in [0.29, 0.717) is 30.4 Å². The van der Waals surface area contributed by atoms with Crippen molar-refractivity contribution in [3.05, 3.63) is 35.2 Å². The third-order valence-electron chi connectivity index (χ3n) is 3.63. The Balaban J connectivity index is 1.85. The van der Waals surface area contributed by atoms with E-state index in [4.69, 9.17) is 14.0 Å². The van der Waals surface area contributed by atoms with Crippen molar-refractivity contribution in [2.75, 3.05) is 13.2 Å². The van der Waals surface area contributed by atoms with E-state index in [1.54, 1.807) is 32.9 Å². The smallest absolute Gasteiger partial charge is 0.246 e. The first-order valence-electron chi connectivity index (χ1n) is 7.23. The molecule has 1 unspecified atom stereocenters. The van der Waals surface area contributed by atoms with Crippen LogP contribution in [0, 0.1) is 13.8 Å². The summed E-state index contributed by atoms with van der Waals surface area (Å²) < 4.78 is 43.7. The number of nitrogens with one attached hydrogen (secondary N) is 1. The molecule has 7 nitrogen and oxygen atoms in total. The summed E-state index contributed by atoms with van der Waals surface area (Å²) in [5.41, 5.74) is 1.12. The van der Waals surface area contributed by atoms with Crippen LogP contribution >= 0.6 is 0 Å². The molecular weight excluding hydrogens is 320 g/mol. The minimum Gasteiger partial charge on any atom is -0.486 e. The average Bonchev–Trinajstić information content (AvgIpc) is 2.86. The second kappa shape index (κ2) is 5.86. The minimum atomic E-state index is -3.73. The molecule has 1 aromatic carbocycles. The molecule has 0 bridgehead atoms. The molecule has 3 rings (SSSR count). The fourth-order valence-corrected chi connectivity index (χ4v) is 4.11. The predicted molar refractivity (Wildman–Crippen MR) is 82.1 cm³/mol. The molecule has 8 heteroatoms. The van der Waals surface area contributed by atoms with Crippen LogP contribution in [0.3, 0.4) is 0 Å². The van der Waals surface area contributed by atoms with E-state index < -0.39 is 16.1 Å². The van der Waals surface area contributed by atoms with Crippen molar-refractivity contribution >= 4 is 10.0 Å². The first-order valence-corrected chi connectivity index (χ1v) is 8.71. The second-order valence-corrected chi connectivity index (χ2v) is 7.05. The van der Waals surface area contributed by atoms with Crippen LogP contribution in [0.15, 0.2) is 27.6 Å². The molecule has 0 spiro atoms. The molecule has 2 aromatic rings. The Morgan fingerprint density at radius 3 is 2.52 bits per heavy atom. The van der Waals surface area contributed by atoms with Crippen LogP contribution in [0.5, 0.6) is 11.5 Å². The Kier molecular flexibility index (Phi) is 4.03. The highest BCUT2D eigenvalue weighted by molar-refractivity contribution is 7.89. The van der Waals surface area contributed by atoms with Crippen molar-refractivity contribution in [2.45, 2.75) is 31.7 Å². The van der Waals surface area contributed by atoms with Crippen molar-refractivity contribution in [3.8, 4) is 11.5 Å². The number of nitrogens with zero attached hydrogens (tertiary/aromatic N) is 1. The summed E-state index contributed by atoms with van der Waals surface area (Å²) in [4.78, 5) is 0.0851. The fraction of sp³-hybridized carbons (Fsp3) is 0.400. The number of hydrogen-bond donors (Lipinski definition) is 1. The maximum absolute atomic E-state index is 12.5. The highest BCUT2D eigenvalue weighted by Crippen LogP contribution is 2.33. The molecule has 2 heterocycles. The maximum Gasteiger partial charge on any atom is 0.246 e. The summed E-state index contributed by atoms with van der Waals surface area (Å²) in [6, 6.07) is 4.94. The van der Waals surface area contributed by atoms with Crippen LogP contribution in [0.25, 0.3) is 0 Å². The summed E-state index contributed by atoms with van der Waals surface area (Å²) in [6.07, 6.45) is 0. The molecule has 1 aliphatic rings. The summed E-state index contributed by atoms with van der Waals surface area (Å²) in [5, 5.41) is 3.69. The molecule has 1 aromatic heterocycles. The quantitative estimate of drug-likeness (QED) is 0.918. The van der Waals surface area contributed by atoms with Gasteiger partial charge in [0.1, 0.15) is 23.8 Å². The van der Waals surface area contributed by atoms with Gasteiger partial charge >= 0.3 is 0 Å². The second-order valence-electron chi connectivity index (χ2n) is 5.40. The van der Waals surface area contributed by atoms with Crippen molar-refractivity contribution in [1.29, 1.82) is 0 Å². The van der Waals surface area contributed by atoms with Gasteiger partial charge in [0.15, 0.2) is 17.3 Å². The van der Waals surface area contributed by atoms with Crippen LogP contribution in [-0.2, 0) is 10.0 Å². The molecule has 124 valence electrons. The summed E-state index contributed by atoms with van der Waals surface area (Å²) in [7, 11) is -3.73. The Hall–Kier alpha value is -2.06. The van der Waals surface area contributed by atoms with Gasteiger partial charge in [-0.2, -0.15) is 0 Å². The zero-order valence-corrected chi connectivity index (χ0v) is 13.9. The monoisotopic (exact) mass is 338 g/mol. The van der Waals surface area contributed by atoms with E-state index in [0.717, 1.165) is 5.56 Å². The molecule has 1 N–H and O–H groups in total. The van der Waals surface area contributed by atoms with Crippen molar-refractivity contribution in [3.63, 3.8) is 0 Å². The maximum atomic E-state index is 12.5. The van der Waals surface area contributed by atoms with Gasteiger partial charge in [0.05, 0.1) is 0 Å². The normalized spacial score (nSPS) is 15.4. The fourth-order valence-electron chi connectivity index (χ4n) is 2.55. The third-order valence-corrected chi connectivity index (χ3v) is 5.42. The lowest BCUT2D eigenvalue weighted by Gasteiger charge is -2.21. The lowest BCUT2D eigenvalue weighted by Crippen LogP contribution is -2.27. The van der Waals surface area contributed by atoms with E-state index in [-0.39, 0.29) is 10.7 Å². The van der Waals surface area contributed by atoms with Crippen molar-refractivity contribution in [1.82, 2.24) is 9.88 Å². The highest BCUT2D eigenvalue weighted by Gasteiger charge is 2.26. The third kappa shape index (κ3) is 3.04. The summed E-state index contributed by atoms with van der Waals surface area (Å²) >= 11 is 0. The van der Waals surface area contributed by atoms with Gasteiger partial charge in [-0.1, -0.05) is 11.2 Å². The Morgan fingerprint density at radius 2 is 1.87 bits per heavy atom. The lowest BCUT2D eigenvalue weighted by molar-refractivity contribution is 0.171. The van der Waals surface area contributed by atoms with E-state index in [1.807, 2.05) is 6.07 Å². The predicted octanol–water partition coefficient (Wildman–Crippen LogP) is 2.10. The van der Waals surface area contributed by atoms with Gasteiger partial charge in [-0.3, -0.25) is 0 Å². The molecule has 0 saturated heterocycles. The van der Waals surface area contributed by atoms with Crippen LogP contribution in [0.1, 0.15) is 30.0 Å². The zero-order valence-electron chi connectivity index (χ0n) is 13.1. The van der Waals surface area contributed by atoms with Gasteiger partial charge in [-0.25, -0.2) is 13.1 Å². The number of sulfonamides is 1. The Labute approximate surface area is 134 Å². The molecule has 0 saturated carbocycles. The molecule has 0 radical (unpaired) electrons. The molecular formula is C15H18N2O5S. The van der Waals surface area contributed by atoms with E-state index in [1.165, 1.54) is 0 Å². The summed E-state index contributed by atoms with van der Waals surface area (Å²) in [5.74, 6) is 1.56. The van der Waals surface area contributed by atoms with Gasteiger partial charge in [0.25, 0.3) is 0 Å². The standard InChI is InChI=1S/C15H18N2O5S/c1-9(12-4-5-13-14(8-12)21-7-6-20-13)17-23(18,19)15-10(2)16-22-11(15)3/h4-5,8-9,17H,6-7H2,1-3H3. The first-order chi connectivity index (χ1) is 10.9. The highest BCUT2D eigenvalue weighted by atomic mass is 32.2. The van der Waals surface area contributed by atoms with E-state index in [2.05, 4.69) is 9.88 Å². The van der Waals surface area contributed by atoms with Gasteiger partial charge < -0.3 is 14.0 Å². The molecule has 0 fully saturated rings. The van der Waals surface area contributed by atoms with Crippen molar-refractivity contribution in [2.24, 2.45) is 0 Å². The van der Waals surface area contributed by atoms with Gasteiger partial charge in [0, 0.05) is 6.04 Å². The summed E-state index contributed by atoms with van der Waals surface area (Å²) in [6.45, 7) is 5.93. The van der Waals surface area contributed by atoms with E-state index >= 15 is 0 Å². The number of rotatable bonds is 4. The number of aromatic nitrogens is 1. The molecule has 23 heavy (non-hydrogen) atoms. The topological polar surface area (TPSA) is 90.7 Å². The van der Waals surface area contributed by atoms with Gasteiger partial charge in [-0.05, 0) is 38.5 Å². The minimum absolute atomic E-state index is 0.0851. The largest absolute Gasteiger partial charge is 0.486 e. The number of hydrogen-bond acceptors (Lipinski definition) is 6. The van der Waals surface area contributed by atoms with Gasteiger partial charge in [0.2, 0.25) is 10.0 Å². The Bertz CT molecular complexity index is 809. The molecule has 1 atom stereocenters. The van der Waals surface area contributed by atoms with E-state index in [9.17, 15) is 8.42 Å². The molecule has 1 aliphatic heterocycles. The number of aryl methyl sites for hydroxylation is 2. The van der Waals surface area contributed by atoms with Crippen LogP contribution in [-0.4, -0.2) is 26.8 Å². The molecule has 0 amide bonds. The molecule has 0 aliphatic carbocycles. The number of benzene rings is 1. The number of fused-ring (bicyclic) bond motifs is 1. The number of ether oxygens (including phenoxy) is 2. The van der Waals surface area contributed by atoms with Gasteiger partial charge in [-0.15, -0.1) is 0 Å². The lowest BCUT2D eigenvalue weighted by atomic mass is 10.1. The average molecular weight is 338 g/mol. The van der Waals surface area contributed by atoms with Crippen LogP contribution in [0.2, 0.25) is 0 Å². The first kappa shape index (κ1) is 15.8. The zero-order chi connectivity index (χ0) is 16.6. The Morgan fingerprint density at radius 1 is 1.17 bits per heavy atom. The van der Waals surface area contributed by atoms with Crippen molar-refractivity contribution < 1.29 is 22.4 Å². The SMILES string of the molecule is Cc1noc(C)c1S(=O)(=O)NC(C)c1ccc2c(c1)OCCO2. The van der Waals surface area contributed by atoms with Crippen LogP contribution < -0.4 is 14.2 Å². The van der Waals surface area contributed by atoms with Crippen LogP contribution in [0.4, 0.5) is 0 Å².